The largest absolute Gasteiger partial charge is 0.376 e. The van der Waals surface area contributed by atoms with Gasteiger partial charge in [-0.1, -0.05) is 43.3 Å². The molecule has 168 valence electrons. The first kappa shape index (κ1) is 22.5. The number of thiocarbonyl (C=S) groups is 1. The van der Waals surface area contributed by atoms with Crippen LogP contribution in [0.5, 0.6) is 0 Å². The van der Waals surface area contributed by atoms with Gasteiger partial charge in [0, 0.05) is 24.2 Å². The fourth-order valence-corrected chi connectivity index (χ4v) is 4.52. The Morgan fingerprint density at radius 2 is 2.06 bits per heavy atom. The minimum atomic E-state index is -0.0713. The average molecular weight is 450 g/mol. The number of hydrogen-bond acceptors (Lipinski definition) is 3. The number of H-pyrrole nitrogens is 1. The summed E-state index contributed by atoms with van der Waals surface area (Å²) in [5.74, 6) is 0. The molecule has 32 heavy (non-hydrogen) atoms. The van der Waals surface area contributed by atoms with Crippen LogP contribution in [0, 0.1) is 0 Å². The molecule has 0 aliphatic carbocycles. The van der Waals surface area contributed by atoms with Crippen molar-refractivity contribution in [2.45, 2.75) is 51.8 Å². The maximum atomic E-state index is 12.8. The molecule has 1 aromatic heterocycles. The molecule has 1 fully saturated rings. The quantitative estimate of drug-likeness (QED) is 0.512. The van der Waals surface area contributed by atoms with Crippen LogP contribution in [-0.4, -0.2) is 34.3 Å². The molecule has 0 bridgehead atoms. The molecule has 2 atom stereocenters. The van der Waals surface area contributed by atoms with Crippen LogP contribution in [-0.2, 0) is 17.7 Å². The third kappa shape index (κ3) is 5.37. The number of hydrogen-bond donors (Lipinski definition) is 2. The van der Waals surface area contributed by atoms with Crippen LogP contribution in [0.15, 0.2) is 59.4 Å². The highest BCUT2D eigenvalue weighted by atomic mass is 32.1. The lowest BCUT2D eigenvalue weighted by Crippen LogP contribution is -2.44. The second kappa shape index (κ2) is 10.3. The van der Waals surface area contributed by atoms with Gasteiger partial charge in [-0.3, -0.25) is 4.79 Å². The Morgan fingerprint density at radius 1 is 1.25 bits per heavy atom. The summed E-state index contributed by atoms with van der Waals surface area (Å²) in [6.07, 6.45) is 3.17. The van der Waals surface area contributed by atoms with Crippen molar-refractivity contribution < 1.29 is 4.74 Å². The average Bonchev–Trinajstić information content (AvgIpc) is 3.32. The number of benzene rings is 2. The summed E-state index contributed by atoms with van der Waals surface area (Å²) in [5, 5.41) is 5.14. The molecule has 2 heterocycles. The van der Waals surface area contributed by atoms with Gasteiger partial charge in [-0.2, -0.15) is 0 Å². The Morgan fingerprint density at radius 3 is 2.78 bits per heavy atom. The molecule has 1 saturated heterocycles. The SMILES string of the molecule is CCc1ccc2[nH]c(=O)c(CN(C[C@@H]3CCCO3)C(=S)N[C@H](C)c3ccccc3)cc2c1. The zero-order valence-corrected chi connectivity index (χ0v) is 19.6. The van der Waals surface area contributed by atoms with E-state index in [1.54, 1.807) is 0 Å². The molecule has 2 N–H and O–H groups in total. The number of ether oxygens (including phenoxy) is 1. The minimum Gasteiger partial charge on any atom is -0.376 e. The Labute approximate surface area is 194 Å². The summed E-state index contributed by atoms with van der Waals surface area (Å²) < 4.78 is 5.88. The molecular formula is C26H31N3O2S. The van der Waals surface area contributed by atoms with Gasteiger partial charge in [0.05, 0.1) is 18.7 Å². The maximum absolute atomic E-state index is 12.8. The third-order valence-corrected chi connectivity index (χ3v) is 6.51. The fourth-order valence-electron chi connectivity index (χ4n) is 4.20. The van der Waals surface area contributed by atoms with Crippen LogP contribution in [0.1, 0.15) is 49.4 Å². The van der Waals surface area contributed by atoms with Gasteiger partial charge in [0.15, 0.2) is 5.11 Å². The standard InChI is InChI=1S/C26H31N3O2S/c1-3-19-11-12-24-21(14-19)15-22(25(30)28-24)16-29(17-23-10-7-13-31-23)26(32)27-18(2)20-8-5-4-6-9-20/h4-6,8-9,11-12,14-15,18,23H,3,7,10,13,16-17H2,1-2H3,(H,27,32)(H,28,30)/t18-,23+/m1/s1. The number of nitrogens with one attached hydrogen (secondary N) is 2. The molecule has 4 rings (SSSR count). The minimum absolute atomic E-state index is 0.0673. The van der Waals surface area contributed by atoms with Crippen LogP contribution >= 0.6 is 12.2 Å². The number of rotatable bonds is 7. The molecular weight excluding hydrogens is 418 g/mol. The molecule has 0 amide bonds. The monoisotopic (exact) mass is 449 g/mol. The number of fused-ring (bicyclic) bond motifs is 1. The first-order chi connectivity index (χ1) is 15.5. The van der Waals surface area contributed by atoms with Crippen LogP contribution in [0.2, 0.25) is 0 Å². The molecule has 5 nitrogen and oxygen atoms in total. The van der Waals surface area contributed by atoms with E-state index in [-0.39, 0.29) is 17.7 Å². The second-order valence-electron chi connectivity index (χ2n) is 8.50. The zero-order valence-electron chi connectivity index (χ0n) is 18.8. The van der Waals surface area contributed by atoms with Gasteiger partial charge in [0.2, 0.25) is 0 Å². The van der Waals surface area contributed by atoms with Crippen LogP contribution in [0.4, 0.5) is 0 Å². The molecule has 0 spiro atoms. The van der Waals surface area contributed by atoms with Gasteiger partial charge in [0.1, 0.15) is 0 Å². The van der Waals surface area contributed by atoms with Gasteiger partial charge < -0.3 is 19.9 Å². The Kier molecular flexibility index (Phi) is 7.22. The smallest absolute Gasteiger partial charge is 0.253 e. The summed E-state index contributed by atoms with van der Waals surface area (Å²) in [5.41, 5.74) is 3.92. The lowest BCUT2D eigenvalue weighted by molar-refractivity contribution is 0.0895. The predicted molar refractivity (Wildman–Crippen MR) is 134 cm³/mol. The van der Waals surface area contributed by atoms with E-state index in [4.69, 9.17) is 17.0 Å². The van der Waals surface area contributed by atoms with Crippen molar-refractivity contribution in [2.24, 2.45) is 0 Å². The molecule has 1 aliphatic rings. The van der Waals surface area contributed by atoms with Gasteiger partial charge >= 0.3 is 0 Å². The Hall–Kier alpha value is -2.70. The molecule has 6 heteroatoms. The highest BCUT2D eigenvalue weighted by molar-refractivity contribution is 7.80. The third-order valence-electron chi connectivity index (χ3n) is 6.13. The van der Waals surface area contributed by atoms with Gasteiger partial charge in [-0.15, -0.1) is 0 Å². The zero-order chi connectivity index (χ0) is 22.5. The summed E-state index contributed by atoms with van der Waals surface area (Å²) in [6.45, 7) is 6.13. The molecule has 0 radical (unpaired) electrons. The molecule has 0 unspecified atom stereocenters. The maximum Gasteiger partial charge on any atom is 0.253 e. The van der Waals surface area contributed by atoms with Crippen LogP contribution in [0.25, 0.3) is 10.9 Å². The van der Waals surface area contributed by atoms with E-state index in [9.17, 15) is 4.79 Å². The lowest BCUT2D eigenvalue weighted by atomic mass is 10.1. The summed E-state index contributed by atoms with van der Waals surface area (Å²) in [7, 11) is 0. The summed E-state index contributed by atoms with van der Waals surface area (Å²) in [6, 6.07) is 18.5. The van der Waals surface area contributed by atoms with E-state index in [0.717, 1.165) is 36.8 Å². The fraction of sp³-hybridized carbons (Fsp3) is 0.385. The van der Waals surface area contributed by atoms with E-state index in [0.29, 0.717) is 23.8 Å². The predicted octanol–water partition coefficient (Wildman–Crippen LogP) is 4.71. The number of aromatic amines is 1. The van der Waals surface area contributed by atoms with E-state index in [1.165, 1.54) is 11.1 Å². The molecule has 2 aromatic carbocycles. The Balaban J connectivity index is 1.58. The van der Waals surface area contributed by atoms with Gasteiger partial charge in [-0.25, -0.2) is 0 Å². The normalized spacial score (nSPS) is 16.8. The first-order valence-corrected chi connectivity index (χ1v) is 11.8. The van der Waals surface area contributed by atoms with Crippen molar-refractivity contribution in [3.8, 4) is 0 Å². The van der Waals surface area contributed by atoms with Crippen molar-refractivity contribution in [3.63, 3.8) is 0 Å². The van der Waals surface area contributed by atoms with Crippen molar-refractivity contribution in [3.05, 3.63) is 81.6 Å². The van der Waals surface area contributed by atoms with E-state index >= 15 is 0 Å². The number of pyridine rings is 1. The highest BCUT2D eigenvalue weighted by Crippen LogP contribution is 2.19. The number of nitrogens with zero attached hydrogens (tertiary/aromatic N) is 1. The van der Waals surface area contributed by atoms with E-state index in [1.807, 2.05) is 30.3 Å². The number of aryl methyl sites for hydroxylation is 1. The summed E-state index contributed by atoms with van der Waals surface area (Å²) >= 11 is 5.81. The van der Waals surface area contributed by atoms with Crippen LogP contribution in [0.3, 0.4) is 0 Å². The molecule has 0 saturated carbocycles. The summed E-state index contributed by atoms with van der Waals surface area (Å²) in [4.78, 5) is 18.0. The topological polar surface area (TPSA) is 57.4 Å². The second-order valence-corrected chi connectivity index (χ2v) is 8.88. The lowest BCUT2D eigenvalue weighted by Gasteiger charge is -2.30. The van der Waals surface area contributed by atoms with Crippen molar-refractivity contribution in [1.82, 2.24) is 15.2 Å². The van der Waals surface area contributed by atoms with E-state index < -0.39 is 0 Å². The van der Waals surface area contributed by atoms with Gasteiger partial charge in [-0.05, 0) is 73.1 Å². The molecule has 3 aromatic rings. The van der Waals surface area contributed by atoms with Crippen molar-refractivity contribution in [2.75, 3.05) is 13.2 Å². The highest BCUT2D eigenvalue weighted by Gasteiger charge is 2.23. The van der Waals surface area contributed by atoms with Crippen LogP contribution < -0.4 is 10.9 Å². The van der Waals surface area contributed by atoms with Crippen molar-refractivity contribution in [1.29, 1.82) is 0 Å². The first-order valence-electron chi connectivity index (χ1n) is 11.4. The van der Waals surface area contributed by atoms with Gasteiger partial charge in [0.25, 0.3) is 5.56 Å². The molecule has 1 aliphatic heterocycles. The Bertz CT molecular complexity index is 1120. The number of aromatic nitrogens is 1. The van der Waals surface area contributed by atoms with Crippen molar-refractivity contribution >= 4 is 28.2 Å². The van der Waals surface area contributed by atoms with E-state index in [2.05, 4.69) is 53.3 Å².